The molecule has 0 aliphatic heterocycles. The highest BCUT2D eigenvalue weighted by Gasteiger charge is 2.21. The zero-order valence-corrected chi connectivity index (χ0v) is 21.0. The molecule has 5 heteroatoms. The lowest BCUT2D eigenvalue weighted by atomic mass is 10.1. The Morgan fingerprint density at radius 1 is 0.879 bits per heavy atom. The normalized spacial score (nSPS) is 11.5. The molecule has 2 aromatic rings. The van der Waals surface area contributed by atoms with Gasteiger partial charge in [0.15, 0.2) is 5.75 Å². The maximum atomic E-state index is 12.7. The topological polar surface area (TPSA) is 57.9 Å². The van der Waals surface area contributed by atoms with Crippen LogP contribution in [0.25, 0.3) is 11.0 Å². The average Bonchev–Trinajstić information content (AvgIpc) is 2.78. The molecule has 0 amide bonds. The average molecular weight is 459 g/mol. The zero-order chi connectivity index (χ0) is 23.9. The van der Waals surface area contributed by atoms with E-state index in [2.05, 4.69) is 26.0 Å². The molecule has 0 saturated carbocycles. The summed E-state index contributed by atoms with van der Waals surface area (Å²) in [5, 5.41) is 0.657. The smallest absolute Gasteiger partial charge is 0.383 e. The van der Waals surface area contributed by atoms with Crippen LogP contribution in [0.4, 0.5) is 0 Å². The number of unbranched alkanes of at least 4 members (excludes halogenated alkanes) is 7. The van der Waals surface area contributed by atoms with Crippen LogP contribution in [-0.2, 0) is 0 Å². The minimum Gasteiger partial charge on any atom is -0.490 e. The van der Waals surface area contributed by atoms with E-state index in [0.717, 1.165) is 19.3 Å². The molecule has 0 bridgehead atoms. The Kier molecular flexibility index (Phi) is 12.5. The molecule has 0 spiro atoms. The minimum absolute atomic E-state index is 0.0216. The highest BCUT2D eigenvalue weighted by atomic mass is 16.5. The molecule has 0 fully saturated rings. The van der Waals surface area contributed by atoms with Gasteiger partial charge in [-0.2, -0.15) is 0 Å². The number of hydrogen-bond acceptors (Lipinski definition) is 5. The Hall–Kier alpha value is -2.43. The van der Waals surface area contributed by atoms with E-state index in [1.807, 2.05) is 26.0 Å². The molecule has 2 rings (SSSR count). The third-order valence-electron chi connectivity index (χ3n) is 5.35. The number of ether oxygens (including phenoxy) is 3. The van der Waals surface area contributed by atoms with Crippen LogP contribution in [0, 0.1) is 0 Å². The molecule has 1 aromatic heterocycles. The van der Waals surface area contributed by atoms with Crippen molar-refractivity contribution >= 4 is 11.0 Å². The molecule has 0 saturated heterocycles. The van der Waals surface area contributed by atoms with E-state index in [4.69, 9.17) is 18.6 Å². The molecule has 1 heterocycles. The molecule has 0 aliphatic rings. The van der Waals surface area contributed by atoms with Crippen molar-refractivity contribution in [1.82, 2.24) is 0 Å². The summed E-state index contributed by atoms with van der Waals surface area (Å²) in [5.41, 5.74) is -0.0723. The summed E-state index contributed by atoms with van der Waals surface area (Å²) < 4.78 is 23.6. The van der Waals surface area contributed by atoms with Crippen molar-refractivity contribution in [3.05, 3.63) is 40.8 Å². The predicted molar refractivity (Wildman–Crippen MR) is 136 cm³/mol. The third kappa shape index (κ3) is 9.15. The van der Waals surface area contributed by atoms with Crippen LogP contribution in [0.1, 0.15) is 91.9 Å². The van der Waals surface area contributed by atoms with Crippen LogP contribution in [0.5, 0.6) is 17.2 Å². The van der Waals surface area contributed by atoms with Crippen molar-refractivity contribution in [2.75, 3.05) is 13.2 Å². The van der Waals surface area contributed by atoms with Crippen molar-refractivity contribution in [3.8, 4) is 17.2 Å². The molecule has 33 heavy (non-hydrogen) atoms. The number of benzene rings is 1. The second kappa shape index (κ2) is 15.4. The van der Waals surface area contributed by atoms with Crippen LogP contribution in [-0.4, -0.2) is 19.3 Å². The molecule has 1 aromatic carbocycles. The monoisotopic (exact) mass is 458 g/mol. The maximum Gasteiger partial charge on any atom is 0.383 e. The lowest BCUT2D eigenvalue weighted by Gasteiger charge is -2.17. The van der Waals surface area contributed by atoms with Gasteiger partial charge in [0.05, 0.1) is 19.3 Å². The summed E-state index contributed by atoms with van der Waals surface area (Å²) in [6.45, 7) is 9.17. The van der Waals surface area contributed by atoms with Crippen molar-refractivity contribution in [3.63, 3.8) is 0 Å². The molecule has 0 unspecified atom stereocenters. The van der Waals surface area contributed by atoms with Crippen LogP contribution in [0.15, 0.2) is 39.6 Å². The first-order chi connectivity index (χ1) is 16.1. The van der Waals surface area contributed by atoms with Crippen molar-refractivity contribution < 1.29 is 18.6 Å². The number of hydrogen-bond donors (Lipinski definition) is 0. The standard InChI is InChI=1S/C28H42O5/c1-5-7-9-11-12-13-14-16-20-30-26-25-23(32-22(3)4)18-17-19-24(25)33-28(29)27(26)31-21-15-10-8-6-2/h8,10,17-19,22H,5-7,9,11-16,20-21H2,1-4H3/b10-8+. The molecule has 184 valence electrons. The van der Waals surface area contributed by atoms with E-state index < -0.39 is 5.63 Å². The van der Waals surface area contributed by atoms with Crippen LogP contribution in [0.2, 0.25) is 0 Å². The van der Waals surface area contributed by atoms with Crippen molar-refractivity contribution in [2.24, 2.45) is 0 Å². The zero-order valence-electron chi connectivity index (χ0n) is 21.0. The third-order valence-corrected chi connectivity index (χ3v) is 5.35. The van der Waals surface area contributed by atoms with Gasteiger partial charge in [-0.05, 0) is 45.2 Å². The number of allylic oxidation sites excluding steroid dienone is 1. The molecule has 5 nitrogen and oxygen atoms in total. The largest absolute Gasteiger partial charge is 0.490 e. The van der Waals surface area contributed by atoms with E-state index in [0.29, 0.717) is 42.1 Å². The first-order valence-corrected chi connectivity index (χ1v) is 12.8. The molecule has 0 N–H and O–H groups in total. The van der Waals surface area contributed by atoms with E-state index in [1.165, 1.54) is 38.5 Å². The predicted octanol–water partition coefficient (Wildman–Crippen LogP) is 7.83. The van der Waals surface area contributed by atoms with Gasteiger partial charge in [0.25, 0.3) is 0 Å². The fraction of sp³-hybridized carbons (Fsp3) is 0.607. The summed E-state index contributed by atoms with van der Waals surface area (Å²) in [6.07, 6.45) is 15.5. The second-order valence-electron chi connectivity index (χ2n) is 8.68. The Balaban J connectivity index is 2.16. The van der Waals surface area contributed by atoms with Gasteiger partial charge in [0.1, 0.15) is 16.7 Å². The Bertz CT molecular complexity index is 897. The lowest BCUT2D eigenvalue weighted by Crippen LogP contribution is -2.13. The van der Waals surface area contributed by atoms with Gasteiger partial charge in [-0.25, -0.2) is 4.79 Å². The van der Waals surface area contributed by atoms with Crippen LogP contribution < -0.4 is 19.8 Å². The van der Waals surface area contributed by atoms with Crippen molar-refractivity contribution in [2.45, 2.75) is 98.0 Å². The molecular formula is C28H42O5. The lowest BCUT2D eigenvalue weighted by molar-refractivity contribution is 0.239. The highest BCUT2D eigenvalue weighted by Crippen LogP contribution is 2.39. The van der Waals surface area contributed by atoms with E-state index in [1.54, 1.807) is 6.07 Å². The van der Waals surface area contributed by atoms with Gasteiger partial charge in [0.2, 0.25) is 5.75 Å². The number of fused-ring (bicyclic) bond motifs is 1. The van der Waals surface area contributed by atoms with E-state index >= 15 is 0 Å². The summed E-state index contributed by atoms with van der Waals surface area (Å²) in [7, 11) is 0. The van der Waals surface area contributed by atoms with Gasteiger partial charge in [-0.1, -0.05) is 77.0 Å². The minimum atomic E-state index is -0.519. The molecule has 0 atom stereocenters. The van der Waals surface area contributed by atoms with Crippen LogP contribution >= 0.6 is 0 Å². The van der Waals surface area contributed by atoms with Gasteiger partial charge < -0.3 is 18.6 Å². The number of rotatable bonds is 17. The Labute approximate surface area is 199 Å². The van der Waals surface area contributed by atoms with Gasteiger partial charge in [-0.15, -0.1) is 0 Å². The SMILES string of the molecule is CC/C=C/CCOc1c(OCCCCCCCCCC)c2c(OC(C)C)cccc2oc1=O. The first-order valence-electron chi connectivity index (χ1n) is 12.8. The van der Waals surface area contributed by atoms with Gasteiger partial charge >= 0.3 is 5.63 Å². The van der Waals surface area contributed by atoms with Gasteiger partial charge in [-0.3, -0.25) is 0 Å². The summed E-state index contributed by atoms with van der Waals surface area (Å²) in [4.78, 5) is 12.7. The van der Waals surface area contributed by atoms with E-state index in [9.17, 15) is 4.79 Å². The van der Waals surface area contributed by atoms with Crippen molar-refractivity contribution in [1.29, 1.82) is 0 Å². The molecule has 0 radical (unpaired) electrons. The van der Waals surface area contributed by atoms with E-state index in [-0.39, 0.29) is 11.9 Å². The Morgan fingerprint density at radius 3 is 2.27 bits per heavy atom. The molecule has 0 aliphatic carbocycles. The van der Waals surface area contributed by atoms with Crippen LogP contribution in [0.3, 0.4) is 0 Å². The molecular weight excluding hydrogens is 416 g/mol. The highest BCUT2D eigenvalue weighted by molar-refractivity contribution is 5.91. The quantitative estimate of drug-likeness (QED) is 0.137. The summed E-state index contributed by atoms with van der Waals surface area (Å²) in [5.74, 6) is 1.19. The Morgan fingerprint density at radius 2 is 1.58 bits per heavy atom. The maximum absolute atomic E-state index is 12.7. The fourth-order valence-corrected chi connectivity index (χ4v) is 3.71. The fourth-order valence-electron chi connectivity index (χ4n) is 3.71. The summed E-state index contributed by atoms with van der Waals surface area (Å²) in [6, 6.07) is 5.46. The first kappa shape index (κ1) is 26.8. The van der Waals surface area contributed by atoms with Gasteiger partial charge in [0, 0.05) is 0 Å². The second-order valence-corrected chi connectivity index (χ2v) is 8.68. The summed E-state index contributed by atoms with van der Waals surface area (Å²) >= 11 is 0.